The third-order valence-corrected chi connectivity index (χ3v) is 3.01. The minimum Gasteiger partial charge on any atom is -0.492 e. The number of nitrogens with one attached hydrogen (secondary N) is 1. The van der Waals surface area contributed by atoms with Crippen molar-refractivity contribution in [2.45, 2.75) is 12.8 Å². The van der Waals surface area contributed by atoms with Gasteiger partial charge in [0, 0.05) is 5.02 Å². The molecule has 0 unspecified atom stereocenters. The molecule has 5 heteroatoms. The second kappa shape index (κ2) is 8.92. The summed E-state index contributed by atoms with van der Waals surface area (Å²) in [6.45, 7) is 2.60. The summed E-state index contributed by atoms with van der Waals surface area (Å²) in [6.07, 6.45) is 2.04. The van der Waals surface area contributed by atoms with E-state index in [2.05, 4.69) is 17.9 Å². The van der Waals surface area contributed by atoms with Crippen molar-refractivity contribution in [3.8, 4) is 5.75 Å². The van der Waals surface area contributed by atoms with Crippen molar-refractivity contribution in [1.82, 2.24) is 5.32 Å². The highest BCUT2D eigenvalue weighted by atomic mass is 35.5. The fraction of sp³-hybridized carbons (Fsp3) is 0.500. The van der Waals surface area contributed by atoms with Crippen LogP contribution in [0.3, 0.4) is 0 Å². The smallest absolute Gasteiger partial charge is 0.137 e. The molecule has 0 fully saturated rings. The molecule has 0 aromatic heterocycles. The maximum Gasteiger partial charge on any atom is 0.137 e. The van der Waals surface area contributed by atoms with Gasteiger partial charge in [-0.15, -0.1) is 0 Å². The molecule has 0 atom stereocenters. The summed E-state index contributed by atoms with van der Waals surface area (Å²) in [4.78, 5) is 0. The van der Waals surface area contributed by atoms with Gasteiger partial charge in [-0.25, -0.2) is 0 Å². The molecule has 2 nitrogen and oxygen atoms in total. The predicted molar refractivity (Wildman–Crippen MR) is 77.9 cm³/mol. The molecule has 0 amide bonds. The Hall–Kier alpha value is -0.0900. The molecule has 0 bridgehead atoms. The third-order valence-electron chi connectivity index (χ3n) is 2.16. The third kappa shape index (κ3) is 6.41. The van der Waals surface area contributed by atoms with E-state index in [0.29, 0.717) is 22.4 Å². The molecule has 1 N–H and O–H groups in total. The summed E-state index contributed by atoms with van der Waals surface area (Å²) >= 11 is 15.9. The summed E-state index contributed by atoms with van der Waals surface area (Å²) in [5.74, 6) is 1.61. The van der Waals surface area contributed by atoms with E-state index in [1.54, 1.807) is 18.2 Å². The Morgan fingerprint density at radius 1 is 1.18 bits per heavy atom. The van der Waals surface area contributed by atoms with Crippen molar-refractivity contribution >= 4 is 35.8 Å². The lowest BCUT2D eigenvalue weighted by molar-refractivity contribution is 0.308. The molecule has 17 heavy (non-hydrogen) atoms. The fourth-order valence-electron chi connectivity index (χ4n) is 1.30. The first-order valence-electron chi connectivity index (χ1n) is 5.63. The molecule has 1 aromatic rings. The molecule has 0 aliphatic carbocycles. The van der Waals surface area contributed by atoms with E-state index in [0.717, 1.165) is 31.7 Å². The van der Waals surface area contributed by atoms with Crippen LogP contribution in [0.25, 0.3) is 0 Å². The second-order valence-electron chi connectivity index (χ2n) is 3.60. The number of halogens is 2. The monoisotopic (exact) mass is 293 g/mol. The zero-order valence-electron chi connectivity index (χ0n) is 9.59. The normalized spacial score (nSPS) is 10.5. The number of rotatable bonds is 8. The van der Waals surface area contributed by atoms with Crippen LogP contribution in [0.4, 0.5) is 0 Å². The van der Waals surface area contributed by atoms with Gasteiger partial charge in [-0.1, -0.05) is 23.2 Å². The topological polar surface area (TPSA) is 21.3 Å². The number of thiol groups is 1. The van der Waals surface area contributed by atoms with E-state index < -0.39 is 0 Å². The quantitative estimate of drug-likeness (QED) is 0.564. The van der Waals surface area contributed by atoms with Crippen molar-refractivity contribution in [2.24, 2.45) is 0 Å². The first-order chi connectivity index (χ1) is 8.24. The average Bonchev–Trinajstić information content (AvgIpc) is 2.30. The zero-order chi connectivity index (χ0) is 12.5. The van der Waals surface area contributed by atoms with Gasteiger partial charge in [0.25, 0.3) is 0 Å². The summed E-state index contributed by atoms with van der Waals surface area (Å²) in [6, 6.07) is 5.25. The zero-order valence-corrected chi connectivity index (χ0v) is 12.0. The number of hydrogen-bond donors (Lipinski definition) is 2. The molecule has 0 heterocycles. The first kappa shape index (κ1) is 15.0. The highest BCUT2D eigenvalue weighted by molar-refractivity contribution is 7.80. The minimum absolute atomic E-state index is 0.556. The standard InChI is InChI=1S/C12H17Cl2NOS/c13-10-3-4-12(11(14)9-10)16-7-1-5-15-6-2-8-17/h3-4,9,15,17H,1-2,5-8H2. The lowest BCUT2D eigenvalue weighted by Crippen LogP contribution is -2.19. The van der Waals surface area contributed by atoms with Crippen LogP contribution in [0.15, 0.2) is 18.2 Å². The Balaban J connectivity index is 2.14. The maximum absolute atomic E-state index is 5.98. The van der Waals surface area contributed by atoms with Gasteiger partial charge < -0.3 is 10.1 Å². The molecule has 0 spiro atoms. The second-order valence-corrected chi connectivity index (χ2v) is 4.89. The Morgan fingerprint density at radius 3 is 2.65 bits per heavy atom. The van der Waals surface area contributed by atoms with E-state index in [9.17, 15) is 0 Å². The molecule has 0 saturated carbocycles. The lowest BCUT2D eigenvalue weighted by Gasteiger charge is -2.08. The van der Waals surface area contributed by atoms with Crippen LogP contribution < -0.4 is 10.1 Å². The minimum atomic E-state index is 0.556. The van der Waals surface area contributed by atoms with Crippen LogP contribution in [0.1, 0.15) is 12.8 Å². The molecular formula is C12H17Cl2NOS. The Kier molecular flexibility index (Phi) is 7.86. The van der Waals surface area contributed by atoms with E-state index in [1.165, 1.54) is 0 Å². The van der Waals surface area contributed by atoms with Crippen LogP contribution in [-0.2, 0) is 0 Å². The average molecular weight is 294 g/mol. The molecule has 96 valence electrons. The summed E-state index contributed by atoms with van der Waals surface area (Å²) < 4.78 is 5.55. The predicted octanol–water partition coefficient (Wildman–Crippen LogP) is 3.67. The SMILES string of the molecule is SCCCNCCCOc1ccc(Cl)cc1Cl. The highest BCUT2D eigenvalue weighted by Gasteiger charge is 2.01. The van der Waals surface area contributed by atoms with Gasteiger partial charge in [0.15, 0.2) is 0 Å². The Bertz CT molecular complexity index is 336. The van der Waals surface area contributed by atoms with Crippen LogP contribution in [0.5, 0.6) is 5.75 Å². The van der Waals surface area contributed by atoms with Gasteiger partial charge in [-0.05, 0) is 49.9 Å². The molecule has 1 rings (SSSR count). The van der Waals surface area contributed by atoms with E-state index in [-0.39, 0.29) is 0 Å². The molecule has 0 aliphatic heterocycles. The van der Waals surface area contributed by atoms with Crippen molar-refractivity contribution in [3.05, 3.63) is 28.2 Å². The van der Waals surface area contributed by atoms with Crippen molar-refractivity contribution in [3.63, 3.8) is 0 Å². The van der Waals surface area contributed by atoms with E-state index in [4.69, 9.17) is 27.9 Å². The molecule has 0 radical (unpaired) electrons. The molecular weight excluding hydrogens is 277 g/mol. The van der Waals surface area contributed by atoms with Gasteiger partial charge in [0.2, 0.25) is 0 Å². The van der Waals surface area contributed by atoms with Crippen LogP contribution in [0, 0.1) is 0 Å². The van der Waals surface area contributed by atoms with Gasteiger partial charge in [0.05, 0.1) is 11.6 Å². The molecule has 0 aliphatic rings. The van der Waals surface area contributed by atoms with Gasteiger partial charge >= 0.3 is 0 Å². The van der Waals surface area contributed by atoms with Crippen molar-refractivity contribution in [2.75, 3.05) is 25.4 Å². The van der Waals surface area contributed by atoms with Gasteiger partial charge in [0.1, 0.15) is 5.75 Å². The Labute approximate surface area is 118 Å². The van der Waals surface area contributed by atoms with Crippen LogP contribution >= 0.6 is 35.8 Å². The van der Waals surface area contributed by atoms with Gasteiger partial charge in [-0.3, -0.25) is 0 Å². The lowest BCUT2D eigenvalue weighted by atomic mass is 10.3. The molecule has 1 aromatic carbocycles. The van der Waals surface area contributed by atoms with Crippen LogP contribution in [0.2, 0.25) is 10.0 Å². The van der Waals surface area contributed by atoms with E-state index in [1.807, 2.05) is 0 Å². The fourth-order valence-corrected chi connectivity index (χ4v) is 1.92. The number of benzene rings is 1. The number of hydrogen-bond acceptors (Lipinski definition) is 3. The van der Waals surface area contributed by atoms with Gasteiger partial charge in [-0.2, -0.15) is 12.6 Å². The van der Waals surface area contributed by atoms with Crippen molar-refractivity contribution in [1.29, 1.82) is 0 Å². The summed E-state index contributed by atoms with van der Waals surface area (Å²) in [5, 5.41) is 4.49. The first-order valence-corrected chi connectivity index (χ1v) is 7.02. The summed E-state index contributed by atoms with van der Waals surface area (Å²) in [7, 11) is 0. The Morgan fingerprint density at radius 2 is 1.94 bits per heavy atom. The maximum atomic E-state index is 5.98. The number of ether oxygens (including phenoxy) is 1. The van der Waals surface area contributed by atoms with Crippen LogP contribution in [-0.4, -0.2) is 25.4 Å². The molecule has 0 saturated heterocycles. The van der Waals surface area contributed by atoms with E-state index >= 15 is 0 Å². The summed E-state index contributed by atoms with van der Waals surface area (Å²) in [5.41, 5.74) is 0. The highest BCUT2D eigenvalue weighted by Crippen LogP contribution is 2.27. The largest absolute Gasteiger partial charge is 0.492 e. The van der Waals surface area contributed by atoms with Crippen molar-refractivity contribution < 1.29 is 4.74 Å².